The molecule has 6 saturated carbocycles. The molecule has 64 heavy (non-hydrogen) atoms. The summed E-state index contributed by atoms with van der Waals surface area (Å²) in [6.07, 6.45) is -10.1. The highest BCUT2D eigenvalue weighted by Gasteiger charge is 2.76. The molecule has 8 aliphatic carbocycles. The van der Waals surface area contributed by atoms with Crippen LogP contribution in [-0.2, 0) is 33.4 Å². The standard InChI is InChI=1S/C25H34O6.C21H28O6.C4H8O.CH4/c1-4-5-21-30-20-11-17-16-7-6-14-10-15(27)8-9-23(14,2)22(16)18(28)12-24(17,3)25(20,31-21)19(29)13-26;1-19-6-5-12(23)7-11(19)3-4-13-14-8-16(25)21(27,17(26)10-22)20(14,2)9-15(24)18(13)19;1-2-3-4-5;/h8-10,16-18,20-22,26,28H,4-7,11-13H2,1-3H3;5-7,13-16,18,22,24-25,27H,3-4,8-10H2,1-2H3;4H,2-3H2,1H3;1H4/t16-,17-,18-,20+,21?,22+,23-,24-,25+;13-,14-,15-,16+,18+,19-,20-,21-;;/m00../s1/i1D3,4D2,5D2,21D;;1D3,2D2,3D2,4D;. The normalized spacial score (nSPS) is 52.7. The van der Waals surface area contributed by atoms with Crippen LogP contribution in [0.1, 0.15) is 148 Å². The van der Waals surface area contributed by atoms with Gasteiger partial charge in [-0.2, -0.15) is 0 Å². The molecule has 356 valence electrons. The Morgan fingerprint density at radius 3 is 1.84 bits per heavy atom. The molecule has 13 nitrogen and oxygen atoms in total. The summed E-state index contributed by atoms with van der Waals surface area (Å²) in [6, 6.07) is 0. The van der Waals surface area contributed by atoms with E-state index >= 15 is 0 Å². The number of rotatable bonds is 8. The topological polar surface area (TPSA) is 225 Å². The van der Waals surface area contributed by atoms with Gasteiger partial charge in [0.2, 0.25) is 0 Å². The SMILES string of the molecule is C.C[C@]12C=CC(=O)C=C1CC[C@@H]1[C@@H]2[C@@H](O)C[C@@]2(C)[C@H]1C[C@@H](O)[C@]2(O)C(=O)CO.[2H]C(=O)C([2H])([2H])C([2H])([2H])C([2H])([2H])[2H].[2H]C([2H])([2H])C([2H])([2H])C([2H])([2H])C1([2H])O[C@@H]2C[C@H]3[C@@H]4CCC5=CC(=O)C=C[C@]5(C)[C@H]4[C@@H](O)C[C@]3(C)[C@]2(C(=O)CO)O1. The van der Waals surface area contributed by atoms with Crippen molar-refractivity contribution in [2.45, 2.75) is 168 Å². The van der Waals surface area contributed by atoms with Crippen LogP contribution in [0.2, 0.25) is 0 Å². The van der Waals surface area contributed by atoms with Gasteiger partial charge >= 0.3 is 0 Å². The first-order chi connectivity index (χ1) is 35.8. The first-order valence-electron chi connectivity index (χ1n) is 29.6. The molecule has 0 aromatic heterocycles. The maximum atomic E-state index is 13.5. The van der Waals surface area contributed by atoms with Crippen molar-refractivity contribution in [3.05, 3.63) is 47.6 Å². The van der Waals surface area contributed by atoms with Gasteiger partial charge < -0.3 is 44.9 Å². The van der Waals surface area contributed by atoms with Crippen molar-refractivity contribution in [1.82, 2.24) is 0 Å². The van der Waals surface area contributed by atoms with Gasteiger partial charge in [-0.3, -0.25) is 19.2 Å². The lowest BCUT2D eigenvalue weighted by atomic mass is 9.46. The van der Waals surface area contributed by atoms with Crippen molar-refractivity contribution >= 4 is 29.4 Å². The van der Waals surface area contributed by atoms with E-state index in [9.17, 15) is 54.6 Å². The number of aliphatic hydroxyl groups excluding tert-OH is 5. The highest BCUT2D eigenvalue weighted by molar-refractivity contribution is 6.01. The number of Topliss-reactive ketones (excluding diaryl/α,β-unsaturated/α-hetero) is 2. The molecule has 17 atom stereocenters. The van der Waals surface area contributed by atoms with Gasteiger partial charge in [0.15, 0.2) is 40.6 Å². The number of carbonyl (C=O) groups is 5. The average Bonchev–Trinajstić information content (AvgIpc) is 3.86. The number of carbonyl (C=O) groups excluding carboxylic acids is 5. The molecule has 0 spiro atoms. The lowest BCUT2D eigenvalue weighted by Gasteiger charge is -2.59. The highest BCUT2D eigenvalue weighted by Crippen LogP contribution is 2.70. The highest BCUT2D eigenvalue weighted by atomic mass is 16.7. The van der Waals surface area contributed by atoms with E-state index in [4.69, 9.17) is 31.4 Å². The van der Waals surface area contributed by atoms with Crippen molar-refractivity contribution in [1.29, 1.82) is 0 Å². The van der Waals surface area contributed by atoms with E-state index in [1.165, 1.54) is 6.08 Å². The van der Waals surface area contributed by atoms with Gasteiger partial charge in [-0.25, -0.2) is 0 Å². The number of ketones is 4. The largest absolute Gasteiger partial charge is 0.393 e. The first kappa shape index (κ1) is 32.7. The summed E-state index contributed by atoms with van der Waals surface area (Å²) in [7, 11) is 0. The molecule has 9 aliphatic rings. The number of fused-ring (bicyclic) bond motifs is 12. The van der Waals surface area contributed by atoms with Crippen LogP contribution in [-0.4, -0.2) is 115 Å². The monoisotopic (exact) mass is 911 g/mol. The third-order valence-corrected chi connectivity index (χ3v) is 17.3. The predicted octanol–water partition coefficient (Wildman–Crippen LogP) is 4.87. The maximum absolute atomic E-state index is 13.5. The minimum Gasteiger partial charge on any atom is -0.393 e. The van der Waals surface area contributed by atoms with Crippen LogP contribution in [0.15, 0.2) is 47.6 Å². The summed E-state index contributed by atoms with van der Waals surface area (Å²) in [4.78, 5) is 60.2. The summed E-state index contributed by atoms with van der Waals surface area (Å²) < 4.78 is 130. The Labute approximate surface area is 400 Å². The fourth-order valence-electron chi connectivity index (χ4n) is 14.7. The molecule has 0 amide bonds. The fourth-order valence-corrected chi connectivity index (χ4v) is 14.7. The minimum absolute atomic E-state index is 0. The molecule has 0 aromatic carbocycles. The average molecular weight is 911 g/mol. The molecule has 9 rings (SSSR count). The summed E-state index contributed by atoms with van der Waals surface area (Å²) in [6.45, 7) is -1.17. The predicted molar refractivity (Wildman–Crippen MR) is 237 cm³/mol. The maximum Gasteiger partial charge on any atom is 0.193 e. The van der Waals surface area contributed by atoms with Crippen molar-refractivity contribution in [3.63, 3.8) is 0 Å². The van der Waals surface area contributed by atoms with Crippen molar-refractivity contribution in [2.75, 3.05) is 13.2 Å². The molecule has 0 radical (unpaired) electrons. The van der Waals surface area contributed by atoms with Crippen molar-refractivity contribution in [2.24, 2.45) is 57.2 Å². The molecule has 1 aliphatic heterocycles. The number of aldehydes is 1. The van der Waals surface area contributed by atoms with E-state index in [2.05, 4.69) is 0 Å². The van der Waals surface area contributed by atoms with Gasteiger partial charge in [-0.1, -0.05) is 78.5 Å². The van der Waals surface area contributed by atoms with Crippen LogP contribution < -0.4 is 0 Å². The number of allylic oxidation sites excluding steroid dienone is 8. The van der Waals surface area contributed by atoms with E-state index < -0.39 is 134 Å². The summed E-state index contributed by atoms with van der Waals surface area (Å²) >= 11 is 0. The molecule has 1 heterocycles. The summed E-state index contributed by atoms with van der Waals surface area (Å²) in [5, 5.41) is 64.0. The van der Waals surface area contributed by atoms with Crippen LogP contribution in [0.4, 0.5) is 0 Å². The third-order valence-electron chi connectivity index (χ3n) is 17.3. The minimum atomic E-state index is -3.59. The van der Waals surface area contributed by atoms with E-state index in [-0.39, 0.29) is 80.2 Å². The van der Waals surface area contributed by atoms with Gasteiger partial charge in [0.25, 0.3) is 0 Å². The van der Waals surface area contributed by atoms with Gasteiger partial charge in [-0.15, -0.1) is 0 Å². The second-order valence-electron chi connectivity index (χ2n) is 19.7. The summed E-state index contributed by atoms with van der Waals surface area (Å²) in [5.41, 5.74) is -5.51. The second kappa shape index (κ2) is 18.2. The Morgan fingerprint density at radius 2 is 1.36 bits per heavy atom. The third kappa shape index (κ3) is 7.29. The quantitative estimate of drug-likeness (QED) is 0.179. The van der Waals surface area contributed by atoms with Crippen LogP contribution >= 0.6 is 0 Å². The van der Waals surface area contributed by atoms with Crippen molar-refractivity contribution in [3.8, 4) is 0 Å². The van der Waals surface area contributed by atoms with E-state index in [1.807, 2.05) is 26.0 Å². The Morgan fingerprint density at radius 1 is 0.844 bits per heavy atom. The smallest absolute Gasteiger partial charge is 0.193 e. The molecule has 1 unspecified atom stereocenters. The molecule has 0 aromatic rings. The molecular weight excluding hydrogens is 821 g/mol. The zero-order chi connectivity index (χ0) is 60.0. The molecular formula is C51H74O13. The lowest BCUT2D eigenvalue weighted by Crippen LogP contribution is -2.63. The molecule has 0 bridgehead atoms. The zero-order valence-corrected chi connectivity index (χ0v) is 35.8. The molecule has 1 saturated heterocycles. The Bertz CT molecular complexity index is 2660. The lowest BCUT2D eigenvalue weighted by molar-refractivity contribution is -0.200. The molecule has 13 heteroatoms. The van der Waals surface area contributed by atoms with Crippen molar-refractivity contribution < 1.29 is 86.0 Å². The Hall–Kier alpha value is -3.01. The van der Waals surface area contributed by atoms with Crippen LogP contribution in [0, 0.1) is 57.2 Å². The van der Waals surface area contributed by atoms with E-state index in [1.54, 1.807) is 32.1 Å². The summed E-state index contributed by atoms with van der Waals surface area (Å²) in [5.74, 6) is -2.91. The van der Waals surface area contributed by atoms with Gasteiger partial charge in [-0.05, 0) is 112 Å². The molecule has 6 N–H and O–H groups in total. The van der Waals surface area contributed by atoms with Gasteiger partial charge in [0.1, 0.15) is 20.8 Å². The number of hydrogen-bond acceptors (Lipinski definition) is 13. The van der Waals surface area contributed by atoms with E-state index in [0.29, 0.717) is 12.8 Å². The first-order valence-corrected chi connectivity index (χ1v) is 21.6. The van der Waals surface area contributed by atoms with Crippen LogP contribution in [0.25, 0.3) is 0 Å². The second-order valence-corrected chi connectivity index (χ2v) is 19.7. The Balaban J connectivity index is 0.000000218. The molecule has 7 fully saturated rings. The number of aliphatic hydroxyl groups is 6. The fraction of sp³-hybridized carbons (Fsp3) is 0.745. The number of hydrogen-bond donors (Lipinski definition) is 6. The van der Waals surface area contributed by atoms with Crippen LogP contribution in [0.3, 0.4) is 0 Å². The van der Waals surface area contributed by atoms with E-state index in [0.717, 1.165) is 24.0 Å². The van der Waals surface area contributed by atoms with Gasteiger partial charge in [0.05, 0.1) is 25.8 Å². The number of ether oxygens (including phenoxy) is 2. The van der Waals surface area contributed by atoms with Crippen LogP contribution in [0.5, 0.6) is 0 Å². The zero-order valence-electron chi connectivity index (χ0n) is 51.8. The van der Waals surface area contributed by atoms with Gasteiger partial charge in [0, 0.05) is 59.1 Å². The Kier molecular flexibility index (Phi) is 9.30.